The van der Waals surface area contributed by atoms with Crippen LogP contribution in [0.2, 0.25) is 0 Å². The highest BCUT2D eigenvalue weighted by atomic mass is 32.1. The van der Waals surface area contributed by atoms with Crippen LogP contribution in [0.15, 0.2) is 84.3 Å². The van der Waals surface area contributed by atoms with Gasteiger partial charge in [0.05, 0.1) is 33.0 Å². The summed E-state index contributed by atoms with van der Waals surface area (Å²) in [5, 5.41) is 53.4. The molecule has 5 aromatic rings. The lowest BCUT2D eigenvalue weighted by atomic mass is 9.78. The zero-order valence-electron chi connectivity index (χ0n) is 37.4. The number of ether oxygens (including phenoxy) is 4. The number of hydrogen-bond donors (Lipinski definition) is 4. The Morgan fingerprint density at radius 3 is 2.00 bits per heavy atom. The van der Waals surface area contributed by atoms with Crippen LogP contribution in [0.1, 0.15) is 102 Å². The van der Waals surface area contributed by atoms with Gasteiger partial charge in [-0.15, -0.1) is 0 Å². The van der Waals surface area contributed by atoms with E-state index in [1.165, 1.54) is 12.1 Å². The third-order valence-electron chi connectivity index (χ3n) is 11.8. The largest absolute Gasteiger partial charge is 0.595 e. The molecular formula is C49H48F3N3O10S. The number of halogens is 3. The smallest absolute Gasteiger partial charge is 0.417 e. The number of carbonyl (C=O) groups excluding carboxylic acids is 2. The first-order valence-corrected chi connectivity index (χ1v) is 21.9. The van der Waals surface area contributed by atoms with Crippen molar-refractivity contribution >= 4 is 50.0 Å². The fourth-order valence-electron chi connectivity index (χ4n) is 8.59. The molecular weight excluding hydrogens is 880 g/mol. The summed E-state index contributed by atoms with van der Waals surface area (Å²) in [6.07, 6.45) is -3.62. The lowest BCUT2D eigenvalue weighted by Gasteiger charge is -2.43. The van der Waals surface area contributed by atoms with Crippen molar-refractivity contribution in [2.24, 2.45) is 0 Å². The van der Waals surface area contributed by atoms with E-state index in [4.69, 9.17) is 18.9 Å². The summed E-state index contributed by atoms with van der Waals surface area (Å²) >= 11 is 1.14. The highest BCUT2D eigenvalue weighted by Crippen LogP contribution is 2.46. The van der Waals surface area contributed by atoms with Gasteiger partial charge in [-0.1, -0.05) is 36.5 Å². The molecule has 0 saturated heterocycles. The maximum Gasteiger partial charge on any atom is 0.417 e. The van der Waals surface area contributed by atoms with Crippen LogP contribution >= 0.6 is 11.3 Å². The van der Waals surface area contributed by atoms with Gasteiger partial charge in [-0.3, -0.25) is 9.59 Å². The molecule has 17 heteroatoms. The lowest BCUT2D eigenvalue weighted by molar-refractivity contribution is -0.990. The number of aliphatic hydroxyl groups excluding tert-OH is 2. The van der Waals surface area contributed by atoms with Gasteiger partial charge in [-0.2, -0.15) is 28.6 Å². The maximum absolute atomic E-state index is 14.7. The van der Waals surface area contributed by atoms with Gasteiger partial charge >= 0.3 is 6.18 Å². The second kappa shape index (κ2) is 17.3. The summed E-state index contributed by atoms with van der Waals surface area (Å²) in [4.78, 5) is 33.3. The molecule has 1 aromatic heterocycles. The Balaban J connectivity index is 1.21. The molecule has 0 aliphatic carbocycles. The average Bonchev–Trinajstić information content (AvgIpc) is 3.65. The number of quaternary nitrogens is 1. The van der Waals surface area contributed by atoms with Crippen LogP contribution < -0.4 is 14.7 Å². The molecule has 13 nitrogen and oxygen atoms in total. The number of thiazole rings is 1. The molecule has 4 N–H and O–H groups in total. The number of hydrogen-bond acceptors (Lipinski definition) is 13. The van der Waals surface area contributed by atoms with E-state index in [1.807, 2.05) is 6.92 Å². The number of carbonyl (C=O) groups is 2. The van der Waals surface area contributed by atoms with Crippen molar-refractivity contribution in [3.05, 3.63) is 123 Å². The van der Waals surface area contributed by atoms with E-state index >= 15 is 0 Å². The summed E-state index contributed by atoms with van der Waals surface area (Å²) in [6, 6.07) is 19.0. The highest BCUT2D eigenvalue weighted by molar-refractivity contribution is 7.20. The second-order valence-corrected chi connectivity index (χ2v) is 18.9. The van der Waals surface area contributed by atoms with E-state index in [9.17, 15) is 48.6 Å². The van der Waals surface area contributed by atoms with Gasteiger partial charge in [0.1, 0.15) is 56.7 Å². The number of aliphatic hydroxyl groups is 2. The molecule has 0 fully saturated rings. The number of aromatic nitrogens is 1. The van der Waals surface area contributed by atoms with Gasteiger partial charge in [-0.25, -0.2) is 5.21 Å². The van der Waals surface area contributed by atoms with Gasteiger partial charge in [0.15, 0.2) is 17.3 Å². The van der Waals surface area contributed by atoms with Gasteiger partial charge < -0.3 is 34.4 Å². The topological polar surface area (TPSA) is 196 Å². The normalized spacial score (nSPS) is 19.8. The summed E-state index contributed by atoms with van der Waals surface area (Å²) < 4.78 is 65.6. The van der Waals surface area contributed by atoms with Crippen LogP contribution in [0.25, 0.3) is 21.4 Å². The average molecular weight is 928 g/mol. The second-order valence-electron chi connectivity index (χ2n) is 17.9. The van der Waals surface area contributed by atoms with E-state index in [2.05, 4.69) is 4.98 Å². The number of alkyl halides is 3. The SMILES string of the molecule is CCc1ccc(Oc2ccc(C(F)(F)F)c(C#N)c2)cc1C1=C(O)C(C)(C)OC(C)(CCCc2ccc(Oc3nc4c([NH+]([O-])O)cccc4s3)cc2C2=C(O)C(C)(C)OC(C)(C)C2=O)C1=O. The number of nitrogens with zero attached hydrogens (tertiary/aromatic N) is 2. The minimum atomic E-state index is -4.75. The van der Waals surface area contributed by atoms with E-state index in [1.54, 1.807) is 97.0 Å². The van der Waals surface area contributed by atoms with Crippen LogP contribution in [0.5, 0.6) is 22.4 Å². The van der Waals surface area contributed by atoms with Gasteiger partial charge in [0, 0.05) is 6.07 Å². The fourth-order valence-corrected chi connectivity index (χ4v) is 9.45. The number of nitrogens with one attached hydrogen (secondary N) is 1. The molecule has 0 bridgehead atoms. The molecule has 0 spiro atoms. The third kappa shape index (κ3) is 9.04. The number of aryl methyl sites for hydroxylation is 2. The number of Topliss-reactive ketones (excluding diaryl/α,β-unsaturated/α-hetero) is 2. The van der Waals surface area contributed by atoms with Crippen LogP contribution in [0.3, 0.4) is 0 Å². The van der Waals surface area contributed by atoms with E-state index in [-0.39, 0.29) is 69.2 Å². The van der Waals surface area contributed by atoms with Crippen molar-refractivity contribution in [3.63, 3.8) is 0 Å². The third-order valence-corrected chi connectivity index (χ3v) is 12.7. The summed E-state index contributed by atoms with van der Waals surface area (Å²) in [6.45, 7) is 13.3. The van der Waals surface area contributed by atoms with Crippen molar-refractivity contribution in [2.45, 2.75) is 110 Å². The lowest BCUT2D eigenvalue weighted by Crippen LogP contribution is -2.99. The van der Waals surface area contributed by atoms with Gasteiger partial charge in [0.2, 0.25) is 0 Å². The van der Waals surface area contributed by atoms with Crippen molar-refractivity contribution in [1.82, 2.24) is 4.98 Å². The number of ketones is 2. The molecule has 3 heterocycles. The van der Waals surface area contributed by atoms with Crippen molar-refractivity contribution in [3.8, 4) is 28.5 Å². The Bertz CT molecular complexity index is 2890. The number of rotatable bonds is 12. The minimum Gasteiger partial charge on any atom is -0.595 e. The molecule has 4 aromatic carbocycles. The van der Waals surface area contributed by atoms with Crippen molar-refractivity contribution in [2.75, 3.05) is 0 Å². The Morgan fingerprint density at radius 1 is 0.803 bits per heavy atom. The molecule has 2 aliphatic rings. The molecule has 0 radical (unpaired) electrons. The Labute approximate surface area is 382 Å². The first-order chi connectivity index (χ1) is 30.8. The molecule has 2 unspecified atom stereocenters. The summed E-state index contributed by atoms with van der Waals surface area (Å²) in [5.74, 6) is -1.26. The highest BCUT2D eigenvalue weighted by Gasteiger charge is 2.50. The Kier molecular flexibility index (Phi) is 12.5. The van der Waals surface area contributed by atoms with Gasteiger partial charge in [-0.05, 0) is 145 Å². The first kappa shape index (κ1) is 47.8. The first-order valence-electron chi connectivity index (χ1n) is 21.0. The predicted octanol–water partition coefficient (Wildman–Crippen LogP) is 10.6. The quantitative estimate of drug-likeness (QED) is 0.0866. The van der Waals surface area contributed by atoms with E-state index < -0.39 is 56.5 Å². The summed E-state index contributed by atoms with van der Waals surface area (Å²) in [7, 11) is 0. The number of para-hydroxylation sites is 1. The van der Waals surface area contributed by atoms with Crippen LogP contribution in [-0.4, -0.2) is 54.4 Å². The molecule has 0 saturated carbocycles. The molecule has 66 heavy (non-hydrogen) atoms. The predicted molar refractivity (Wildman–Crippen MR) is 239 cm³/mol. The Morgan fingerprint density at radius 2 is 1.38 bits per heavy atom. The van der Waals surface area contributed by atoms with Gasteiger partial charge in [0.25, 0.3) is 5.19 Å². The summed E-state index contributed by atoms with van der Waals surface area (Å²) in [5.41, 5.74) is -4.94. The molecule has 0 amide bonds. The van der Waals surface area contributed by atoms with Crippen LogP contribution in [-0.2, 0) is 38.1 Å². The zero-order chi connectivity index (χ0) is 48.3. The van der Waals surface area contributed by atoms with Crippen molar-refractivity contribution < 1.29 is 62.4 Å². The number of fused-ring (bicyclic) bond motifs is 1. The Hall–Kier alpha value is -6.13. The zero-order valence-corrected chi connectivity index (χ0v) is 38.2. The van der Waals surface area contributed by atoms with Crippen LogP contribution in [0.4, 0.5) is 18.9 Å². The fraction of sp³-hybridized carbons (Fsp3) is 0.347. The monoisotopic (exact) mass is 927 g/mol. The van der Waals surface area contributed by atoms with E-state index in [0.29, 0.717) is 39.8 Å². The number of benzene rings is 4. The maximum atomic E-state index is 14.7. The number of nitriles is 1. The molecule has 346 valence electrons. The van der Waals surface area contributed by atoms with E-state index in [0.717, 1.165) is 29.5 Å². The van der Waals surface area contributed by atoms with Crippen molar-refractivity contribution in [1.29, 1.82) is 5.26 Å². The molecule has 2 aliphatic heterocycles. The molecule has 7 rings (SSSR count). The van der Waals surface area contributed by atoms with Crippen LogP contribution in [0, 0.1) is 16.5 Å². The standard InChI is InChI=1S/C49H48F3N3O10S/c1-9-26-15-17-30(62-29-19-20-34(49(50,51)52)28(22-29)25-53)23-32(26)38-42(58)47(6,7)65-48(8,43(38)59)21-11-12-27-16-18-31(63-44-54-39-35(55(60)61)13-10-14-36(39)66-44)24-33(27)37-40(56)45(2,3)64-46(4,5)41(37)57/h10,13-20,22-24,55-56,58,60H,9,11-12,21H2,1-8H3. The molecule has 2 atom stereocenters. The minimum absolute atomic E-state index is 0.0123.